The second kappa shape index (κ2) is 8.27. The van der Waals surface area contributed by atoms with Gasteiger partial charge in [0.2, 0.25) is 5.91 Å². The Bertz CT molecular complexity index is 1130. The van der Waals surface area contributed by atoms with Crippen LogP contribution < -0.4 is 5.32 Å². The van der Waals surface area contributed by atoms with Gasteiger partial charge in [-0.2, -0.15) is 0 Å². The molecule has 0 saturated heterocycles. The second-order valence-corrected chi connectivity index (χ2v) is 7.14. The lowest BCUT2D eigenvalue weighted by Gasteiger charge is -2.12. The standard InChI is InChI=1S/C24H21FN2O2/c1-16(22-15-27-29-24(22)18-9-11-20(25)12-10-18)13-23(28)26-14-19-7-4-6-17-5-2-3-8-21(17)19/h2-12,15-16H,13-14H2,1H3,(H,26,28). The van der Waals surface area contributed by atoms with Crippen LogP contribution in [0.5, 0.6) is 0 Å². The van der Waals surface area contributed by atoms with Crippen molar-refractivity contribution in [2.24, 2.45) is 0 Å². The van der Waals surface area contributed by atoms with E-state index >= 15 is 0 Å². The number of rotatable bonds is 6. The molecule has 1 unspecified atom stereocenters. The van der Waals surface area contributed by atoms with Crippen molar-refractivity contribution in [3.8, 4) is 11.3 Å². The highest BCUT2D eigenvalue weighted by Gasteiger charge is 2.19. The molecule has 0 spiro atoms. The molecule has 3 aromatic carbocycles. The molecule has 0 fully saturated rings. The van der Waals surface area contributed by atoms with E-state index in [1.807, 2.05) is 31.2 Å². The Balaban J connectivity index is 1.43. The van der Waals surface area contributed by atoms with Crippen LogP contribution in [0.25, 0.3) is 22.1 Å². The number of hydrogen-bond acceptors (Lipinski definition) is 3. The van der Waals surface area contributed by atoms with E-state index in [2.05, 4.69) is 28.7 Å². The lowest BCUT2D eigenvalue weighted by molar-refractivity contribution is -0.121. The smallest absolute Gasteiger partial charge is 0.220 e. The molecule has 146 valence electrons. The van der Waals surface area contributed by atoms with Gasteiger partial charge >= 0.3 is 0 Å². The Kier molecular flexibility index (Phi) is 5.38. The zero-order valence-corrected chi connectivity index (χ0v) is 16.1. The van der Waals surface area contributed by atoms with Gasteiger partial charge in [-0.25, -0.2) is 4.39 Å². The first kappa shape index (κ1) is 18.9. The SMILES string of the molecule is CC(CC(=O)NCc1cccc2ccccc12)c1cnoc1-c1ccc(F)cc1. The van der Waals surface area contributed by atoms with Gasteiger partial charge in [0.05, 0.1) is 6.20 Å². The van der Waals surface area contributed by atoms with Crippen molar-refractivity contribution in [2.45, 2.75) is 25.8 Å². The van der Waals surface area contributed by atoms with Crippen LogP contribution >= 0.6 is 0 Å². The molecule has 0 radical (unpaired) electrons. The first-order chi connectivity index (χ1) is 14.1. The van der Waals surface area contributed by atoms with Crippen LogP contribution in [-0.2, 0) is 11.3 Å². The van der Waals surface area contributed by atoms with Crippen LogP contribution in [-0.4, -0.2) is 11.1 Å². The molecule has 4 nitrogen and oxygen atoms in total. The molecule has 4 aromatic rings. The number of hydrogen-bond donors (Lipinski definition) is 1. The van der Waals surface area contributed by atoms with Crippen molar-refractivity contribution in [1.29, 1.82) is 0 Å². The van der Waals surface area contributed by atoms with Gasteiger partial charge in [0.1, 0.15) is 5.82 Å². The predicted octanol–water partition coefficient (Wildman–Crippen LogP) is 5.44. The summed E-state index contributed by atoms with van der Waals surface area (Å²) in [7, 11) is 0. The zero-order chi connectivity index (χ0) is 20.2. The van der Waals surface area contributed by atoms with E-state index in [-0.39, 0.29) is 17.6 Å². The summed E-state index contributed by atoms with van der Waals surface area (Å²) < 4.78 is 18.5. The van der Waals surface area contributed by atoms with Crippen molar-refractivity contribution in [1.82, 2.24) is 10.5 Å². The molecule has 1 heterocycles. The summed E-state index contributed by atoms with van der Waals surface area (Å²) >= 11 is 0. The number of fused-ring (bicyclic) bond motifs is 1. The first-order valence-electron chi connectivity index (χ1n) is 9.55. The van der Waals surface area contributed by atoms with Crippen LogP contribution in [0.15, 0.2) is 77.4 Å². The molecule has 29 heavy (non-hydrogen) atoms. The van der Waals surface area contributed by atoms with E-state index in [4.69, 9.17) is 4.52 Å². The fourth-order valence-electron chi connectivity index (χ4n) is 3.52. The Morgan fingerprint density at radius 3 is 2.66 bits per heavy atom. The molecule has 0 aliphatic carbocycles. The Morgan fingerprint density at radius 1 is 1.07 bits per heavy atom. The fraction of sp³-hybridized carbons (Fsp3) is 0.167. The van der Waals surface area contributed by atoms with Gasteiger partial charge in [-0.15, -0.1) is 0 Å². The summed E-state index contributed by atoms with van der Waals surface area (Å²) in [6.07, 6.45) is 1.93. The van der Waals surface area contributed by atoms with Gasteiger partial charge in [0.15, 0.2) is 5.76 Å². The number of halogens is 1. The minimum atomic E-state index is -0.310. The maximum Gasteiger partial charge on any atom is 0.220 e. The summed E-state index contributed by atoms with van der Waals surface area (Å²) in [5, 5.41) is 9.18. The van der Waals surface area contributed by atoms with Gasteiger partial charge in [0, 0.05) is 24.1 Å². The number of benzene rings is 3. The van der Waals surface area contributed by atoms with E-state index in [0.29, 0.717) is 18.7 Å². The summed E-state index contributed by atoms with van der Waals surface area (Å²) in [5.74, 6) is 0.126. The van der Waals surface area contributed by atoms with Crippen LogP contribution in [0.1, 0.15) is 30.4 Å². The highest BCUT2D eigenvalue weighted by atomic mass is 19.1. The summed E-state index contributed by atoms with van der Waals surface area (Å²) in [4.78, 5) is 12.5. The number of nitrogens with one attached hydrogen (secondary N) is 1. The minimum absolute atomic E-state index is 0.0447. The molecule has 1 aromatic heterocycles. The highest BCUT2D eigenvalue weighted by molar-refractivity contribution is 5.86. The maximum absolute atomic E-state index is 13.2. The van der Waals surface area contributed by atoms with Crippen LogP contribution in [0, 0.1) is 5.82 Å². The van der Waals surface area contributed by atoms with Crippen LogP contribution in [0.2, 0.25) is 0 Å². The maximum atomic E-state index is 13.2. The monoisotopic (exact) mass is 388 g/mol. The Morgan fingerprint density at radius 2 is 1.83 bits per heavy atom. The number of carbonyl (C=O) groups excluding carboxylic acids is 1. The van der Waals surface area contributed by atoms with Crippen molar-refractivity contribution >= 4 is 16.7 Å². The number of amides is 1. The molecular formula is C24H21FN2O2. The molecule has 0 aliphatic rings. The minimum Gasteiger partial charge on any atom is -0.356 e. The van der Waals surface area contributed by atoms with Crippen LogP contribution in [0.4, 0.5) is 4.39 Å². The van der Waals surface area contributed by atoms with Crippen molar-refractivity contribution in [3.63, 3.8) is 0 Å². The zero-order valence-electron chi connectivity index (χ0n) is 16.1. The van der Waals surface area contributed by atoms with Crippen molar-refractivity contribution in [3.05, 3.63) is 89.9 Å². The fourth-order valence-corrected chi connectivity index (χ4v) is 3.52. The quantitative estimate of drug-likeness (QED) is 0.478. The van der Waals surface area contributed by atoms with Crippen molar-refractivity contribution in [2.75, 3.05) is 0 Å². The van der Waals surface area contributed by atoms with E-state index in [1.54, 1.807) is 18.3 Å². The predicted molar refractivity (Wildman–Crippen MR) is 111 cm³/mol. The highest BCUT2D eigenvalue weighted by Crippen LogP contribution is 2.31. The molecule has 0 saturated carbocycles. The summed E-state index contributed by atoms with van der Waals surface area (Å²) in [6.45, 7) is 2.43. The largest absolute Gasteiger partial charge is 0.356 e. The van der Waals surface area contributed by atoms with Gasteiger partial charge < -0.3 is 9.84 Å². The van der Waals surface area contributed by atoms with Crippen molar-refractivity contribution < 1.29 is 13.7 Å². The first-order valence-corrected chi connectivity index (χ1v) is 9.55. The molecule has 0 bridgehead atoms. The molecule has 1 amide bonds. The third-order valence-electron chi connectivity index (χ3n) is 5.08. The average Bonchev–Trinajstić information content (AvgIpc) is 3.23. The molecule has 5 heteroatoms. The molecule has 4 rings (SSSR count). The average molecular weight is 388 g/mol. The van der Waals surface area contributed by atoms with E-state index in [0.717, 1.165) is 27.5 Å². The number of nitrogens with zero attached hydrogens (tertiary/aromatic N) is 1. The lowest BCUT2D eigenvalue weighted by Crippen LogP contribution is -2.24. The van der Waals surface area contributed by atoms with E-state index < -0.39 is 0 Å². The van der Waals surface area contributed by atoms with E-state index in [9.17, 15) is 9.18 Å². The van der Waals surface area contributed by atoms with Crippen LogP contribution in [0.3, 0.4) is 0 Å². The molecule has 1 atom stereocenters. The molecule has 0 aliphatic heterocycles. The number of aromatic nitrogens is 1. The normalized spacial score (nSPS) is 12.1. The topological polar surface area (TPSA) is 55.1 Å². The third-order valence-corrected chi connectivity index (χ3v) is 5.08. The second-order valence-electron chi connectivity index (χ2n) is 7.14. The van der Waals surface area contributed by atoms with Gasteiger partial charge in [-0.05, 0) is 46.5 Å². The Labute approximate surface area is 168 Å². The van der Waals surface area contributed by atoms with Gasteiger partial charge in [-0.1, -0.05) is 54.5 Å². The Hall–Kier alpha value is -3.47. The summed E-state index contributed by atoms with van der Waals surface area (Å²) in [5.41, 5.74) is 2.65. The van der Waals surface area contributed by atoms with Gasteiger partial charge in [-0.3, -0.25) is 4.79 Å². The lowest BCUT2D eigenvalue weighted by atomic mass is 9.95. The number of carbonyl (C=O) groups is 1. The third kappa shape index (κ3) is 4.19. The molecule has 1 N–H and O–H groups in total. The van der Waals surface area contributed by atoms with Gasteiger partial charge in [0.25, 0.3) is 0 Å². The molecular weight excluding hydrogens is 367 g/mol. The summed E-state index contributed by atoms with van der Waals surface area (Å²) in [6, 6.07) is 20.3. The van der Waals surface area contributed by atoms with E-state index in [1.165, 1.54) is 12.1 Å².